The SMILES string of the molecule is NCC(C(=O)Nc1ccc2cnccc2c1Cl)c1ccsc1. The number of halogens is 1. The summed E-state index contributed by atoms with van der Waals surface area (Å²) in [6.45, 7) is 0.248. The lowest BCUT2D eigenvalue weighted by atomic mass is 10.0. The van der Waals surface area contributed by atoms with Gasteiger partial charge >= 0.3 is 0 Å². The predicted octanol–water partition coefficient (Wildman–Crippen LogP) is 3.63. The van der Waals surface area contributed by atoms with Crippen molar-refractivity contribution in [3.63, 3.8) is 0 Å². The van der Waals surface area contributed by atoms with Crippen molar-refractivity contribution in [1.82, 2.24) is 4.98 Å². The molecule has 2 heterocycles. The number of amides is 1. The highest BCUT2D eigenvalue weighted by Gasteiger charge is 2.20. The first-order valence-electron chi connectivity index (χ1n) is 6.76. The average Bonchev–Trinajstić information content (AvgIpc) is 3.05. The van der Waals surface area contributed by atoms with E-state index in [1.165, 1.54) is 0 Å². The molecule has 0 aliphatic rings. The maximum absolute atomic E-state index is 12.5. The minimum Gasteiger partial charge on any atom is -0.329 e. The van der Waals surface area contributed by atoms with Crippen molar-refractivity contribution >= 4 is 45.3 Å². The van der Waals surface area contributed by atoms with Crippen LogP contribution in [0.3, 0.4) is 0 Å². The Morgan fingerprint density at radius 2 is 2.23 bits per heavy atom. The Hall–Kier alpha value is -1.95. The van der Waals surface area contributed by atoms with Gasteiger partial charge in [-0.15, -0.1) is 0 Å². The number of aromatic nitrogens is 1. The lowest BCUT2D eigenvalue weighted by Crippen LogP contribution is -2.27. The van der Waals surface area contributed by atoms with Crippen LogP contribution in [0, 0.1) is 0 Å². The molecule has 1 atom stereocenters. The zero-order valence-corrected chi connectivity index (χ0v) is 13.2. The molecule has 0 radical (unpaired) electrons. The topological polar surface area (TPSA) is 68.0 Å². The van der Waals surface area contributed by atoms with Gasteiger partial charge in [0.1, 0.15) is 0 Å². The average molecular weight is 332 g/mol. The smallest absolute Gasteiger partial charge is 0.233 e. The molecule has 0 spiro atoms. The number of nitrogens with two attached hydrogens (primary N) is 1. The highest BCUT2D eigenvalue weighted by molar-refractivity contribution is 7.08. The number of benzene rings is 1. The second-order valence-electron chi connectivity index (χ2n) is 4.86. The van der Waals surface area contributed by atoms with Crippen LogP contribution in [-0.2, 0) is 4.79 Å². The van der Waals surface area contributed by atoms with Gasteiger partial charge in [-0.25, -0.2) is 0 Å². The molecule has 1 aromatic carbocycles. The summed E-state index contributed by atoms with van der Waals surface area (Å²) in [5.74, 6) is -0.536. The van der Waals surface area contributed by atoms with Crippen LogP contribution in [0.25, 0.3) is 10.8 Å². The number of pyridine rings is 1. The standard InChI is InChI=1S/C16H14ClN3OS/c17-15-12-3-5-19-8-10(12)1-2-14(15)20-16(21)13(7-18)11-4-6-22-9-11/h1-6,8-9,13H,7,18H2,(H,20,21). The summed E-state index contributed by atoms with van der Waals surface area (Å²) in [7, 11) is 0. The van der Waals surface area contributed by atoms with E-state index in [1.807, 2.05) is 29.0 Å². The third kappa shape index (κ3) is 2.83. The first-order valence-corrected chi connectivity index (χ1v) is 8.08. The van der Waals surface area contributed by atoms with E-state index in [4.69, 9.17) is 17.3 Å². The van der Waals surface area contributed by atoms with Gasteiger partial charge in [0, 0.05) is 29.7 Å². The number of thiophene rings is 1. The molecule has 0 saturated carbocycles. The van der Waals surface area contributed by atoms with Gasteiger partial charge < -0.3 is 11.1 Å². The molecule has 1 amide bonds. The number of fused-ring (bicyclic) bond motifs is 1. The van der Waals surface area contributed by atoms with Crippen molar-refractivity contribution in [2.24, 2.45) is 5.73 Å². The summed E-state index contributed by atoms with van der Waals surface area (Å²) in [5, 5.41) is 9.04. The monoisotopic (exact) mass is 331 g/mol. The van der Waals surface area contributed by atoms with E-state index < -0.39 is 0 Å². The number of rotatable bonds is 4. The number of hydrogen-bond donors (Lipinski definition) is 2. The van der Waals surface area contributed by atoms with Gasteiger partial charge in [-0.1, -0.05) is 17.7 Å². The summed E-state index contributed by atoms with van der Waals surface area (Å²) in [6.07, 6.45) is 3.41. The fourth-order valence-electron chi connectivity index (χ4n) is 2.31. The van der Waals surface area contributed by atoms with E-state index >= 15 is 0 Å². The van der Waals surface area contributed by atoms with Crippen LogP contribution in [0.1, 0.15) is 11.5 Å². The van der Waals surface area contributed by atoms with Gasteiger partial charge in [-0.05, 0) is 34.5 Å². The summed E-state index contributed by atoms with van der Waals surface area (Å²) in [5.41, 5.74) is 7.25. The van der Waals surface area contributed by atoms with E-state index in [-0.39, 0.29) is 18.4 Å². The maximum Gasteiger partial charge on any atom is 0.233 e. The molecular formula is C16H14ClN3OS. The largest absolute Gasteiger partial charge is 0.329 e. The van der Waals surface area contributed by atoms with Crippen LogP contribution in [0.15, 0.2) is 47.4 Å². The zero-order valence-electron chi connectivity index (χ0n) is 11.6. The van der Waals surface area contributed by atoms with Crippen molar-refractivity contribution in [2.45, 2.75) is 5.92 Å². The van der Waals surface area contributed by atoms with Crippen LogP contribution in [0.5, 0.6) is 0 Å². The van der Waals surface area contributed by atoms with E-state index in [0.29, 0.717) is 10.7 Å². The fourth-order valence-corrected chi connectivity index (χ4v) is 3.31. The Balaban J connectivity index is 1.89. The van der Waals surface area contributed by atoms with Crippen molar-refractivity contribution in [1.29, 1.82) is 0 Å². The highest BCUT2D eigenvalue weighted by atomic mass is 35.5. The molecule has 3 aromatic rings. The maximum atomic E-state index is 12.5. The number of nitrogens with one attached hydrogen (secondary N) is 1. The first kappa shape index (κ1) is 15.0. The molecule has 2 aromatic heterocycles. The molecule has 0 aliphatic carbocycles. The summed E-state index contributed by atoms with van der Waals surface area (Å²) < 4.78 is 0. The van der Waals surface area contributed by atoms with Gasteiger partial charge in [0.2, 0.25) is 5.91 Å². The van der Waals surface area contributed by atoms with Crippen LogP contribution < -0.4 is 11.1 Å². The lowest BCUT2D eigenvalue weighted by Gasteiger charge is -2.15. The van der Waals surface area contributed by atoms with Crippen molar-refractivity contribution in [3.8, 4) is 0 Å². The van der Waals surface area contributed by atoms with E-state index in [0.717, 1.165) is 16.3 Å². The lowest BCUT2D eigenvalue weighted by molar-refractivity contribution is -0.117. The first-order chi connectivity index (χ1) is 10.7. The van der Waals surface area contributed by atoms with Gasteiger partial charge in [0.15, 0.2) is 0 Å². The molecule has 0 bridgehead atoms. The number of carbonyl (C=O) groups excluding carboxylic acids is 1. The Morgan fingerprint density at radius 3 is 2.95 bits per heavy atom. The Kier molecular flexibility index (Phi) is 4.38. The number of anilines is 1. The third-order valence-electron chi connectivity index (χ3n) is 3.51. The minimum atomic E-state index is -0.379. The molecule has 0 saturated heterocycles. The normalized spacial score (nSPS) is 12.3. The van der Waals surface area contributed by atoms with Gasteiger partial charge in [-0.3, -0.25) is 9.78 Å². The van der Waals surface area contributed by atoms with E-state index in [1.54, 1.807) is 29.8 Å². The van der Waals surface area contributed by atoms with Gasteiger partial charge in [0.05, 0.1) is 16.6 Å². The highest BCUT2D eigenvalue weighted by Crippen LogP contribution is 2.31. The van der Waals surface area contributed by atoms with Crippen molar-refractivity contribution in [2.75, 3.05) is 11.9 Å². The summed E-state index contributed by atoms with van der Waals surface area (Å²) in [4.78, 5) is 16.5. The number of nitrogens with zero attached hydrogens (tertiary/aromatic N) is 1. The van der Waals surface area contributed by atoms with Gasteiger partial charge in [0.25, 0.3) is 0 Å². The number of hydrogen-bond acceptors (Lipinski definition) is 4. The number of carbonyl (C=O) groups is 1. The molecule has 0 aliphatic heterocycles. The molecule has 112 valence electrons. The van der Waals surface area contributed by atoms with Crippen LogP contribution in [0.2, 0.25) is 5.02 Å². The van der Waals surface area contributed by atoms with Crippen LogP contribution >= 0.6 is 22.9 Å². The van der Waals surface area contributed by atoms with Crippen LogP contribution in [0.4, 0.5) is 5.69 Å². The second-order valence-corrected chi connectivity index (χ2v) is 6.02. The molecule has 1 unspecified atom stereocenters. The Bertz CT molecular complexity index is 804. The molecular weight excluding hydrogens is 318 g/mol. The molecule has 6 heteroatoms. The Morgan fingerprint density at radius 1 is 1.36 bits per heavy atom. The van der Waals surface area contributed by atoms with Crippen LogP contribution in [-0.4, -0.2) is 17.4 Å². The minimum absolute atomic E-state index is 0.156. The van der Waals surface area contributed by atoms with Crippen molar-refractivity contribution in [3.05, 3.63) is 58.0 Å². The van der Waals surface area contributed by atoms with E-state index in [9.17, 15) is 4.79 Å². The quantitative estimate of drug-likeness (QED) is 0.767. The zero-order chi connectivity index (χ0) is 15.5. The second kappa shape index (κ2) is 6.44. The fraction of sp³-hybridized carbons (Fsp3) is 0.125. The molecule has 22 heavy (non-hydrogen) atoms. The molecule has 4 nitrogen and oxygen atoms in total. The third-order valence-corrected chi connectivity index (χ3v) is 4.62. The molecule has 0 fully saturated rings. The van der Waals surface area contributed by atoms with Gasteiger partial charge in [-0.2, -0.15) is 11.3 Å². The summed E-state index contributed by atoms with van der Waals surface area (Å²) in [6, 6.07) is 7.40. The van der Waals surface area contributed by atoms with Crippen molar-refractivity contribution < 1.29 is 4.79 Å². The Labute approximate surface area is 136 Å². The molecule has 3 N–H and O–H groups in total. The van der Waals surface area contributed by atoms with E-state index in [2.05, 4.69) is 10.3 Å². The predicted molar refractivity (Wildman–Crippen MR) is 91.5 cm³/mol. The summed E-state index contributed by atoms with van der Waals surface area (Å²) >= 11 is 7.93. The molecule has 3 rings (SSSR count).